The van der Waals surface area contributed by atoms with Crippen LogP contribution in [0.5, 0.6) is 0 Å². The fourth-order valence-corrected chi connectivity index (χ4v) is 1.11. The van der Waals surface area contributed by atoms with Crippen LogP contribution in [0.3, 0.4) is 0 Å². The lowest BCUT2D eigenvalue weighted by Crippen LogP contribution is -2.03. The number of hydrogen-bond acceptors (Lipinski definition) is 3. The summed E-state index contributed by atoms with van der Waals surface area (Å²) in [5.41, 5.74) is 0.999. The van der Waals surface area contributed by atoms with Gasteiger partial charge in [-0.25, -0.2) is 9.97 Å². The maximum Gasteiger partial charge on any atom is 0.145 e. The topological polar surface area (TPSA) is 49.6 Å². The van der Waals surface area contributed by atoms with E-state index in [9.17, 15) is 0 Å². The maximum atomic E-state index is 8.81. The van der Waals surface area contributed by atoms with E-state index in [0.717, 1.165) is 18.5 Å². The van der Waals surface area contributed by atoms with Gasteiger partial charge in [-0.15, -0.1) is 0 Å². The molecule has 1 heterocycles. The molecule has 0 saturated heterocycles. The molecule has 0 radical (unpaired) electrons. The summed E-state index contributed by atoms with van der Waals surface area (Å²) in [6, 6.07) is 4.08. The van der Waals surface area contributed by atoms with E-state index in [4.69, 9.17) is 5.26 Å². The zero-order valence-electron chi connectivity index (χ0n) is 7.99. The third kappa shape index (κ3) is 2.25. The molecule has 13 heavy (non-hydrogen) atoms. The van der Waals surface area contributed by atoms with Crippen LogP contribution in [-0.4, -0.2) is 9.97 Å². The van der Waals surface area contributed by atoms with Crippen molar-refractivity contribution in [3.63, 3.8) is 0 Å². The van der Waals surface area contributed by atoms with E-state index in [-0.39, 0.29) is 5.92 Å². The van der Waals surface area contributed by atoms with Crippen LogP contribution in [0.1, 0.15) is 37.7 Å². The molecular weight excluding hydrogens is 162 g/mol. The van der Waals surface area contributed by atoms with Gasteiger partial charge in [0.15, 0.2) is 0 Å². The minimum atomic E-state index is -0.161. The largest absolute Gasteiger partial charge is 0.240 e. The van der Waals surface area contributed by atoms with Crippen molar-refractivity contribution >= 4 is 0 Å². The predicted octanol–water partition coefficient (Wildman–Crippen LogP) is 2.06. The Bertz CT molecular complexity index is 314. The number of nitrogens with zero attached hydrogens (tertiary/aromatic N) is 3. The summed E-state index contributed by atoms with van der Waals surface area (Å²) in [5.74, 6) is 0.496. The molecule has 1 unspecified atom stereocenters. The summed E-state index contributed by atoms with van der Waals surface area (Å²) in [5, 5.41) is 8.81. The van der Waals surface area contributed by atoms with Crippen LogP contribution in [0.15, 0.2) is 12.3 Å². The molecule has 0 aliphatic rings. The Morgan fingerprint density at radius 1 is 1.54 bits per heavy atom. The second kappa shape index (κ2) is 4.56. The number of aromatic nitrogens is 2. The summed E-state index contributed by atoms with van der Waals surface area (Å²) in [6.07, 6.45) is 3.38. The highest BCUT2D eigenvalue weighted by Crippen LogP contribution is 2.13. The van der Waals surface area contributed by atoms with Crippen LogP contribution in [0.25, 0.3) is 0 Å². The van der Waals surface area contributed by atoms with Crippen molar-refractivity contribution in [3.8, 4) is 6.07 Å². The Kier molecular flexibility index (Phi) is 3.39. The van der Waals surface area contributed by atoms with E-state index in [0.29, 0.717) is 5.82 Å². The molecule has 1 aromatic heterocycles. The first-order valence-electron chi connectivity index (χ1n) is 4.53. The third-order valence-electron chi connectivity index (χ3n) is 1.97. The quantitative estimate of drug-likeness (QED) is 0.706. The normalized spacial score (nSPS) is 12.1. The first-order chi connectivity index (χ1) is 6.31. The summed E-state index contributed by atoms with van der Waals surface area (Å²) in [7, 11) is 0. The van der Waals surface area contributed by atoms with Crippen molar-refractivity contribution in [3.05, 3.63) is 23.8 Å². The van der Waals surface area contributed by atoms with Crippen LogP contribution < -0.4 is 0 Å². The highest BCUT2D eigenvalue weighted by Gasteiger charge is 2.10. The molecular formula is C10H13N3. The van der Waals surface area contributed by atoms with Gasteiger partial charge in [0.1, 0.15) is 11.7 Å². The van der Waals surface area contributed by atoms with Crippen molar-refractivity contribution in [2.45, 2.75) is 32.6 Å². The van der Waals surface area contributed by atoms with Crippen LogP contribution in [-0.2, 0) is 6.42 Å². The lowest BCUT2D eigenvalue weighted by molar-refractivity contribution is 0.739. The van der Waals surface area contributed by atoms with E-state index < -0.39 is 0 Å². The first kappa shape index (κ1) is 9.66. The molecule has 68 valence electrons. The molecule has 0 fully saturated rings. The molecule has 0 saturated carbocycles. The van der Waals surface area contributed by atoms with E-state index in [2.05, 4.69) is 16.0 Å². The number of rotatable bonds is 3. The zero-order valence-corrected chi connectivity index (χ0v) is 7.99. The van der Waals surface area contributed by atoms with Crippen molar-refractivity contribution in [2.75, 3.05) is 0 Å². The van der Waals surface area contributed by atoms with Crippen molar-refractivity contribution in [2.24, 2.45) is 0 Å². The van der Waals surface area contributed by atoms with Gasteiger partial charge in [-0.05, 0) is 18.9 Å². The second-order valence-corrected chi connectivity index (χ2v) is 2.85. The Hall–Kier alpha value is -1.43. The molecule has 0 aliphatic carbocycles. The minimum absolute atomic E-state index is 0.161. The van der Waals surface area contributed by atoms with Gasteiger partial charge in [0, 0.05) is 11.9 Å². The van der Waals surface area contributed by atoms with Crippen molar-refractivity contribution in [1.82, 2.24) is 9.97 Å². The lowest BCUT2D eigenvalue weighted by atomic mass is 10.1. The molecule has 0 bridgehead atoms. The van der Waals surface area contributed by atoms with Gasteiger partial charge < -0.3 is 0 Å². The van der Waals surface area contributed by atoms with E-state index in [1.54, 1.807) is 6.20 Å². The Balaban J connectivity index is 2.94. The fraction of sp³-hybridized carbons (Fsp3) is 0.500. The lowest BCUT2D eigenvalue weighted by Gasteiger charge is -2.04. The van der Waals surface area contributed by atoms with Crippen LogP contribution in [0, 0.1) is 11.3 Å². The van der Waals surface area contributed by atoms with Gasteiger partial charge in [-0.2, -0.15) is 5.26 Å². The van der Waals surface area contributed by atoms with Gasteiger partial charge in [0.25, 0.3) is 0 Å². The van der Waals surface area contributed by atoms with Gasteiger partial charge in [-0.1, -0.05) is 13.8 Å². The minimum Gasteiger partial charge on any atom is -0.240 e. The molecule has 0 aromatic carbocycles. The van der Waals surface area contributed by atoms with Crippen molar-refractivity contribution < 1.29 is 0 Å². The number of aryl methyl sites for hydroxylation is 1. The van der Waals surface area contributed by atoms with Gasteiger partial charge >= 0.3 is 0 Å². The molecule has 3 heteroatoms. The Labute approximate surface area is 78.5 Å². The highest BCUT2D eigenvalue weighted by molar-refractivity contribution is 5.11. The summed E-state index contributed by atoms with van der Waals surface area (Å²) in [4.78, 5) is 8.40. The molecule has 3 nitrogen and oxygen atoms in total. The monoisotopic (exact) mass is 175 g/mol. The van der Waals surface area contributed by atoms with Gasteiger partial charge in [0.2, 0.25) is 0 Å². The third-order valence-corrected chi connectivity index (χ3v) is 1.97. The van der Waals surface area contributed by atoms with Crippen LogP contribution in [0.4, 0.5) is 0 Å². The van der Waals surface area contributed by atoms with Crippen LogP contribution in [0.2, 0.25) is 0 Å². The zero-order chi connectivity index (χ0) is 9.68. The van der Waals surface area contributed by atoms with Gasteiger partial charge in [0.05, 0.1) is 6.07 Å². The Morgan fingerprint density at radius 3 is 2.85 bits per heavy atom. The predicted molar refractivity (Wildman–Crippen MR) is 50.1 cm³/mol. The molecule has 0 spiro atoms. The standard InChI is InChI=1S/C10H13N3/c1-3-8(7-11)10-12-6-5-9(4-2)13-10/h5-6,8H,3-4H2,1-2H3. The number of hydrogen-bond donors (Lipinski definition) is 0. The first-order valence-corrected chi connectivity index (χ1v) is 4.53. The molecule has 0 N–H and O–H groups in total. The average molecular weight is 175 g/mol. The van der Waals surface area contributed by atoms with E-state index in [1.165, 1.54) is 0 Å². The summed E-state index contributed by atoms with van der Waals surface area (Å²) < 4.78 is 0. The van der Waals surface area contributed by atoms with E-state index in [1.807, 2.05) is 19.9 Å². The maximum absolute atomic E-state index is 8.81. The highest BCUT2D eigenvalue weighted by atomic mass is 14.9. The Morgan fingerprint density at radius 2 is 2.31 bits per heavy atom. The summed E-state index contributed by atoms with van der Waals surface area (Å²) >= 11 is 0. The molecule has 0 aliphatic heterocycles. The fourth-order valence-electron chi connectivity index (χ4n) is 1.11. The molecule has 1 rings (SSSR count). The van der Waals surface area contributed by atoms with Crippen LogP contribution >= 0.6 is 0 Å². The number of nitriles is 1. The average Bonchev–Trinajstić information content (AvgIpc) is 2.20. The second-order valence-electron chi connectivity index (χ2n) is 2.85. The SMILES string of the molecule is CCc1ccnc(C(C#N)CC)n1. The summed E-state index contributed by atoms with van der Waals surface area (Å²) in [6.45, 7) is 4.01. The molecule has 1 atom stereocenters. The smallest absolute Gasteiger partial charge is 0.145 e. The van der Waals surface area contributed by atoms with E-state index >= 15 is 0 Å². The molecule has 0 amide bonds. The van der Waals surface area contributed by atoms with Crippen molar-refractivity contribution in [1.29, 1.82) is 5.26 Å². The van der Waals surface area contributed by atoms with Gasteiger partial charge in [-0.3, -0.25) is 0 Å². The molecule has 1 aromatic rings.